The van der Waals surface area contributed by atoms with E-state index in [4.69, 9.17) is 0 Å². The monoisotopic (exact) mass is 407 g/mol. The second kappa shape index (κ2) is 9.67. The maximum atomic E-state index is 12.9. The van der Waals surface area contributed by atoms with Crippen molar-refractivity contribution in [1.82, 2.24) is 14.1 Å². The van der Waals surface area contributed by atoms with E-state index in [0.29, 0.717) is 26.2 Å². The number of sulfonamides is 1. The zero-order chi connectivity index (χ0) is 20.9. The molecule has 0 unspecified atom stereocenters. The van der Waals surface area contributed by atoms with E-state index < -0.39 is 10.0 Å². The molecule has 1 heterocycles. The summed E-state index contributed by atoms with van der Waals surface area (Å²) in [5.74, 6) is 0.102. The van der Waals surface area contributed by atoms with Gasteiger partial charge in [-0.1, -0.05) is 30.3 Å². The van der Waals surface area contributed by atoms with Crippen molar-refractivity contribution >= 4 is 22.0 Å². The predicted octanol–water partition coefficient (Wildman–Crippen LogP) is 2.64. The summed E-state index contributed by atoms with van der Waals surface area (Å²) in [6, 6.07) is 9.41. The largest absolute Gasteiger partial charge is 0.336 e. The maximum absolute atomic E-state index is 12.9. The summed E-state index contributed by atoms with van der Waals surface area (Å²) in [6.45, 7) is 11.9. The lowest BCUT2D eigenvalue weighted by Crippen LogP contribution is -2.57. The fraction of sp³-hybridized carbons (Fsp3) is 0.571. The summed E-state index contributed by atoms with van der Waals surface area (Å²) in [5.41, 5.74) is 0.853. The Hall–Kier alpha value is -1.70. The molecule has 7 heteroatoms. The van der Waals surface area contributed by atoms with Crippen LogP contribution in [-0.2, 0) is 14.8 Å². The zero-order valence-corrected chi connectivity index (χ0v) is 18.4. The van der Waals surface area contributed by atoms with Gasteiger partial charge in [0.25, 0.3) is 0 Å². The van der Waals surface area contributed by atoms with Crippen molar-refractivity contribution in [1.29, 1.82) is 0 Å². The summed E-state index contributed by atoms with van der Waals surface area (Å²) in [7, 11) is -3.46. The van der Waals surface area contributed by atoms with E-state index in [-0.39, 0.29) is 24.0 Å². The molecule has 1 amide bonds. The van der Waals surface area contributed by atoms with Crippen LogP contribution in [0.25, 0.3) is 6.08 Å². The summed E-state index contributed by atoms with van der Waals surface area (Å²) < 4.78 is 26.7. The van der Waals surface area contributed by atoms with E-state index in [2.05, 4.69) is 4.90 Å². The highest BCUT2D eigenvalue weighted by atomic mass is 32.2. The number of carbonyl (C=O) groups is 1. The second-order valence-electron chi connectivity index (χ2n) is 7.80. The van der Waals surface area contributed by atoms with Gasteiger partial charge in [-0.25, -0.2) is 8.42 Å². The van der Waals surface area contributed by atoms with Crippen LogP contribution < -0.4 is 0 Å². The van der Waals surface area contributed by atoms with Crippen LogP contribution in [0.1, 0.15) is 40.2 Å². The normalized spacial score (nSPS) is 18.1. The van der Waals surface area contributed by atoms with Gasteiger partial charge in [-0.3, -0.25) is 9.69 Å². The molecular formula is C21H33N3O3S. The van der Waals surface area contributed by atoms with E-state index in [0.717, 1.165) is 5.56 Å². The van der Waals surface area contributed by atoms with Crippen LogP contribution >= 0.6 is 0 Å². The molecule has 28 heavy (non-hydrogen) atoms. The van der Waals surface area contributed by atoms with Gasteiger partial charge in [0.15, 0.2) is 0 Å². The number of hydrogen-bond donors (Lipinski definition) is 0. The third kappa shape index (κ3) is 5.65. The van der Waals surface area contributed by atoms with Crippen molar-refractivity contribution in [2.24, 2.45) is 0 Å². The van der Waals surface area contributed by atoms with Gasteiger partial charge >= 0.3 is 0 Å². The fourth-order valence-electron chi connectivity index (χ4n) is 3.64. The topological polar surface area (TPSA) is 60.9 Å². The van der Waals surface area contributed by atoms with Gasteiger partial charge in [0.05, 0.1) is 6.04 Å². The lowest BCUT2D eigenvalue weighted by molar-refractivity contribution is -0.140. The molecule has 156 valence electrons. The van der Waals surface area contributed by atoms with Crippen LogP contribution in [-0.4, -0.2) is 72.7 Å². The molecule has 0 aromatic heterocycles. The SMILES string of the molecule is CC(C)N(C(=O)[C@@H](C)N1CCN(S(=O)(=O)/C=C/c2ccccc2)CC1)C(C)C. The Bertz CT molecular complexity index is 759. The molecule has 0 saturated carbocycles. The molecule has 2 rings (SSSR count). The minimum absolute atomic E-state index is 0.102. The number of benzene rings is 1. The molecule has 0 aliphatic carbocycles. The Morgan fingerprint density at radius 2 is 1.50 bits per heavy atom. The van der Waals surface area contributed by atoms with Crippen molar-refractivity contribution in [3.05, 3.63) is 41.3 Å². The van der Waals surface area contributed by atoms with Crippen LogP contribution in [0.5, 0.6) is 0 Å². The summed E-state index contributed by atoms with van der Waals surface area (Å²) in [4.78, 5) is 16.9. The van der Waals surface area contributed by atoms with Crippen molar-refractivity contribution in [2.75, 3.05) is 26.2 Å². The first-order valence-corrected chi connectivity index (χ1v) is 11.4. The van der Waals surface area contributed by atoms with Crippen LogP contribution in [0.2, 0.25) is 0 Å². The van der Waals surface area contributed by atoms with Crippen molar-refractivity contribution in [3.63, 3.8) is 0 Å². The molecule has 0 radical (unpaired) electrons. The third-order valence-electron chi connectivity index (χ3n) is 5.14. The fourth-order valence-corrected chi connectivity index (χ4v) is 4.81. The quantitative estimate of drug-likeness (QED) is 0.697. The van der Waals surface area contributed by atoms with Gasteiger partial charge in [-0.05, 0) is 46.3 Å². The van der Waals surface area contributed by atoms with Crippen molar-refractivity contribution < 1.29 is 13.2 Å². The molecular weight excluding hydrogens is 374 g/mol. The first-order chi connectivity index (χ1) is 13.1. The minimum Gasteiger partial charge on any atom is -0.336 e. The first-order valence-electron chi connectivity index (χ1n) is 9.93. The van der Waals surface area contributed by atoms with Crippen LogP contribution in [0.15, 0.2) is 35.7 Å². The van der Waals surface area contributed by atoms with Crippen molar-refractivity contribution in [2.45, 2.75) is 52.7 Å². The molecule has 1 aromatic carbocycles. The van der Waals surface area contributed by atoms with Gasteiger partial charge in [0, 0.05) is 43.7 Å². The Labute approximate surface area is 169 Å². The highest BCUT2D eigenvalue weighted by molar-refractivity contribution is 7.92. The third-order valence-corrected chi connectivity index (χ3v) is 6.70. The van der Waals surface area contributed by atoms with E-state index >= 15 is 0 Å². The molecule has 1 aliphatic heterocycles. The number of hydrogen-bond acceptors (Lipinski definition) is 4. The summed E-state index contributed by atoms with van der Waals surface area (Å²) in [5, 5.41) is 1.27. The molecule has 1 saturated heterocycles. The Morgan fingerprint density at radius 3 is 2.00 bits per heavy atom. The number of piperazine rings is 1. The number of amides is 1. The summed E-state index contributed by atoms with van der Waals surface area (Å²) in [6.07, 6.45) is 1.62. The Morgan fingerprint density at radius 1 is 0.964 bits per heavy atom. The smallest absolute Gasteiger partial charge is 0.240 e. The number of nitrogens with zero attached hydrogens (tertiary/aromatic N) is 3. The average Bonchev–Trinajstić information content (AvgIpc) is 2.66. The number of rotatable bonds is 7. The molecule has 0 bridgehead atoms. The second-order valence-corrected chi connectivity index (χ2v) is 9.62. The van der Waals surface area contributed by atoms with Crippen LogP contribution in [0.4, 0.5) is 0 Å². The first kappa shape index (κ1) is 22.6. The van der Waals surface area contributed by atoms with Gasteiger partial charge in [-0.15, -0.1) is 0 Å². The average molecular weight is 408 g/mol. The summed E-state index contributed by atoms with van der Waals surface area (Å²) >= 11 is 0. The highest BCUT2D eigenvalue weighted by Gasteiger charge is 2.33. The van der Waals surface area contributed by atoms with Crippen LogP contribution in [0.3, 0.4) is 0 Å². The van der Waals surface area contributed by atoms with Gasteiger partial charge in [-0.2, -0.15) is 4.31 Å². The predicted molar refractivity (Wildman–Crippen MR) is 114 cm³/mol. The molecule has 0 spiro atoms. The van der Waals surface area contributed by atoms with E-state index in [1.54, 1.807) is 6.08 Å². The standard InChI is InChI=1S/C21H33N3O3S/c1-17(2)24(18(3)4)21(25)19(5)22-12-14-23(15-13-22)28(26,27)16-11-20-9-7-6-8-10-20/h6-11,16-19H,12-15H2,1-5H3/b16-11+/t19-/m1/s1. The zero-order valence-electron chi connectivity index (χ0n) is 17.6. The minimum atomic E-state index is -3.46. The molecule has 1 atom stereocenters. The molecule has 0 N–H and O–H groups in total. The highest BCUT2D eigenvalue weighted by Crippen LogP contribution is 2.16. The van der Waals surface area contributed by atoms with Gasteiger partial charge in [0.1, 0.15) is 0 Å². The Kier molecular flexibility index (Phi) is 7.80. The molecule has 1 aromatic rings. The van der Waals surface area contributed by atoms with Crippen LogP contribution in [0, 0.1) is 0 Å². The molecule has 1 aliphatic rings. The lowest BCUT2D eigenvalue weighted by Gasteiger charge is -2.40. The maximum Gasteiger partial charge on any atom is 0.240 e. The molecule has 1 fully saturated rings. The Balaban J connectivity index is 1.98. The lowest BCUT2D eigenvalue weighted by atomic mass is 10.1. The van der Waals surface area contributed by atoms with E-state index in [1.807, 2.05) is 69.9 Å². The van der Waals surface area contributed by atoms with Gasteiger partial charge in [0.2, 0.25) is 15.9 Å². The van der Waals surface area contributed by atoms with Gasteiger partial charge < -0.3 is 4.90 Å². The van der Waals surface area contributed by atoms with E-state index in [9.17, 15) is 13.2 Å². The molecule has 6 nitrogen and oxygen atoms in total. The van der Waals surface area contributed by atoms with E-state index in [1.165, 1.54) is 9.71 Å². The van der Waals surface area contributed by atoms with Crippen molar-refractivity contribution in [3.8, 4) is 0 Å². The number of carbonyl (C=O) groups excluding carboxylic acids is 1.